The Hall–Kier alpha value is -1.72. The molecule has 98 valence electrons. The molecule has 0 radical (unpaired) electrons. The number of carbonyl (C=O) groups is 1. The fourth-order valence-corrected chi connectivity index (χ4v) is 2.77. The van der Waals surface area contributed by atoms with Crippen LogP contribution in [0.1, 0.15) is 17.2 Å². The molecule has 2 unspecified atom stereocenters. The van der Waals surface area contributed by atoms with Crippen molar-refractivity contribution < 1.29 is 9.90 Å². The Bertz CT molecular complexity index is 585. The fourth-order valence-electron chi connectivity index (χ4n) is 2.54. The van der Waals surface area contributed by atoms with Crippen LogP contribution < -0.4 is 0 Å². The van der Waals surface area contributed by atoms with E-state index >= 15 is 0 Å². The summed E-state index contributed by atoms with van der Waals surface area (Å²) in [6, 6.07) is 7.68. The minimum absolute atomic E-state index is 0.0384. The summed E-state index contributed by atoms with van der Waals surface area (Å²) < 4.78 is 0. The Morgan fingerprint density at radius 2 is 2.21 bits per heavy atom. The van der Waals surface area contributed by atoms with Crippen LogP contribution in [0.25, 0.3) is 0 Å². The van der Waals surface area contributed by atoms with Crippen LogP contribution in [0.3, 0.4) is 0 Å². The third kappa shape index (κ3) is 1.95. The highest BCUT2D eigenvalue weighted by Crippen LogP contribution is 2.38. The average Bonchev–Trinajstić information content (AvgIpc) is 2.80. The normalized spacial score (nSPS) is 25.5. The minimum atomic E-state index is -0.833. The molecule has 2 aliphatic heterocycles. The smallest absolute Gasteiger partial charge is 0.288 e. The van der Waals surface area contributed by atoms with E-state index in [0.717, 1.165) is 11.1 Å². The highest BCUT2D eigenvalue weighted by molar-refractivity contribution is 6.33. The Morgan fingerprint density at radius 3 is 3.00 bits per heavy atom. The van der Waals surface area contributed by atoms with Gasteiger partial charge in [0.2, 0.25) is 0 Å². The lowest BCUT2D eigenvalue weighted by atomic mass is 10.1. The number of amides is 1. The van der Waals surface area contributed by atoms with E-state index < -0.39 is 11.3 Å². The summed E-state index contributed by atoms with van der Waals surface area (Å²) in [5, 5.41) is 15.9. The number of rotatable bonds is 2. The number of fused-ring (bicyclic) bond motifs is 1. The van der Waals surface area contributed by atoms with Gasteiger partial charge in [-0.1, -0.05) is 24.3 Å². The largest absolute Gasteiger partial charge is 0.394 e. The number of hydrogen-bond acceptors (Lipinski definition) is 4. The Kier molecular flexibility index (Phi) is 3.08. The van der Waals surface area contributed by atoms with Gasteiger partial charge in [0.1, 0.15) is 0 Å². The lowest BCUT2D eigenvalue weighted by molar-refractivity contribution is -0.118. The van der Waals surface area contributed by atoms with E-state index in [0.29, 0.717) is 12.2 Å². The molecule has 2 atom stereocenters. The fraction of sp³-hybridized carbons (Fsp3) is 0.308. The maximum atomic E-state index is 11.5. The van der Waals surface area contributed by atoms with Gasteiger partial charge in [-0.3, -0.25) is 4.79 Å². The summed E-state index contributed by atoms with van der Waals surface area (Å²) in [6.07, 6.45) is 1.49. The van der Waals surface area contributed by atoms with Crippen LogP contribution in [0.15, 0.2) is 46.4 Å². The van der Waals surface area contributed by atoms with E-state index in [1.165, 1.54) is 6.20 Å². The zero-order valence-corrected chi connectivity index (χ0v) is 10.8. The van der Waals surface area contributed by atoms with Crippen LogP contribution in [-0.4, -0.2) is 27.9 Å². The van der Waals surface area contributed by atoms with Gasteiger partial charge < -0.3 is 10.0 Å². The van der Waals surface area contributed by atoms with Crippen LogP contribution in [0.2, 0.25) is 0 Å². The molecule has 19 heavy (non-hydrogen) atoms. The number of hydrogen-bond donors (Lipinski definition) is 1. The summed E-state index contributed by atoms with van der Waals surface area (Å²) in [5.41, 5.74) is 2.78. The van der Waals surface area contributed by atoms with Crippen LogP contribution in [-0.2, 0) is 11.3 Å². The highest BCUT2D eigenvalue weighted by atomic mass is 35.5. The molecule has 0 spiro atoms. The van der Waals surface area contributed by atoms with Crippen molar-refractivity contribution in [3.8, 4) is 0 Å². The van der Waals surface area contributed by atoms with E-state index in [9.17, 15) is 9.90 Å². The SMILES string of the molecule is O=C1N=NC=C(N2Cc3ccccc3C2CO)C1Cl. The zero-order chi connectivity index (χ0) is 13.4. The first-order chi connectivity index (χ1) is 9.22. The topological polar surface area (TPSA) is 65.3 Å². The Balaban J connectivity index is 1.98. The van der Waals surface area contributed by atoms with Crippen LogP contribution >= 0.6 is 11.6 Å². The number of benzene rings is 1. The number of azo groups is 1. The van der Waals surface area contributed by atoms with Gasteiger partial charge in [-0.05, 0) is 11.1 Å². The first kappa shape index (κ1) is 12.3. The molecule has 1 aromatic rings. The molecule has 1 aromatic carbocycles. The second kappa shape index (κ2) is 4.75. The molecular weight excluding hydrogens is 266 g/mol. The van der Waals surface area contributed by atoms with Crippen molar-refractivity contribution in [1.29, 1.82) is 0 Å². The maximum Gasteiger partial charge on any atom is 0.288 e. The van der Waals surface area contributed by atoms with Crippen molar-refractivity contribution in [2.24, 2.45) is 10.2 Å². The van der Waals surface area contributed by atoms with Crippen LogP contribution in [0.4, 0.5) is 0 Å². The number of alkyl halides is 1. The van der Waals surface area contributed by atoms with E-state index in [2.05, 4.69) is 10.2 Å². The summed E-state index contributed by atoms with van der Waals surface area (Å²) in [6.45, 7) is 0.572. The number of nitrogens with zero attached hydrogens (tertiary/aromatic N) is 3. The summed E-state index contributed by atoms with van der Waals surface area (Å²) in [7, 11) is 0. The first-order valence-electron chi connectivity index (χ1n) is 5.96. The number of halogens is 1. The van der Waals surface area contributed by atoms with E-state index in [1.54, 1.807) is 0 Å². The van der Waals surface area contributed by atoms with Crippen molar-refractivity contribution in [3.05, 3.63) is 47.3 Å². The lowest BCUT2D eigenvalue weighted by Crippen LogP contribution is -2.32. The molecule has 2 heterocycles. The lowest BCUT2D eigenvalue weighted by Gasteiger charge is -2.30. The van der Waals surface area contributed by atoms with Gasteiger partial charge in [-0.2, -0.15) is 5.11 Å². The molecule has 1 amide bonds. The van der Waals surface area contributed by atoms with Gasteiger partial charge in [0.05, 0.1) is 24.5 Å². The average molecular weight is 278 g/mol. The Morgan fingerprint density at radius 1 is 1.42 bits per heavy atom. The molecule has 1 N–H and O–H groups in total. The van der Waals surface area contributed by atoms with Crippen LogP contribution in [0, 0.1) is 0 Å². The molecule has 0 fully saturated rings. The minimum Gasteiger partial charge on any atom is -0.394 e. The van der Waals surface area contributed by atoms with E-state index in [1.807, 2.05) is 29.2 Å². The zero-order valence-electron chi connectivity index (χ0n) is 10.0. The molecule has 3 rings (SSSR count). The summed E-state index contributed by atoms with van der Waals surface area (Å²) in [5.74, 6) is -0.466. The molecule has 0 saturated heterocycles. The second-order valence-electron chi connectivity index (χ2n) is 4.50. The quantitative estimate of drug-likeness (QED) is 0.841. The second-order valence-corrected chi connectivity index (χ2v) is 4.93. The Labute approximate surface area is 115 Å². The number of aliphatic hydroxyl groups excluding tert-OH is 1. The van der Waals surface area contributed by atoms with Gasteiger partial charge in [0, 0.05) is 6.54 Å². The van der Waals surface area contributed by atoms with Crippen molar-refractivity contribution in [1.82, 2.24) is 4.90 Å². The van der Waals surface area contributed by atoms with E-state index in [4.69, 9.17) is 11.6 Å². The van der Waals surface area contributed by atoms with Gasteiger partial charge in [0.15, 0.2) is 5.38 Å². The standard InChI is InChI=1S/C13H12ClN3O2/c14-12-10(5-15-16-13(12)19)17-6-8-3-1-2-4-9(8)11(17)7-18/h1-5,11-12,18H,6-7H2. The summed E-state index contributed by atoms with van der Waals surface area (Å²) in [4.78, 5) is 13.4. The molecule has 2 aliphatic rings. The summed E-state index contributed by atoms with van der Waals surface area (Å²) >= 11 is 6.08. The van der Waals surface area contributed by atoms with Gasteiger partial charge in [-0.15, -0.1) is 16.7 Å². The van der Waals surface area contributed by atoms with Crippen molar-refractivity contribution in [3.63, 3.8) is 0 Å². The molecule has 0 aromatic heterocycles. The molecule has 6 heteroatoms. The number of carbonyl (C=O) groups excluding carboxylic acids is 1. The molecule has 0 saturated carbocycles. The molecular formula is C13H12ClN3O2. The van der Waals surface area contributed by atoms with Crippen molar-refractivity contribution in [2.75, 3.05) is 6.61 Å². The van der Waals surface area contributed by atoms with Crippen molar-refractivity contribution >= 4 is 17.5 Å². The van der Waals surface area contributed by atoms with Crippen LogP contribution in [0.5, 0.6) is 0 Å². The highest BCUT2D eigenvalue weighted by Gasteiger charge is 2.36. The van der Waals surface area contributed by atoms with Crippen molar-refractivity contribution in [2.45, 2.75) is 18.0 Å². The third-order valence-corrected chi connectivity index (χ3v) is 3.87. The first-order valence-corrected chi connectivity index (χ1v) is 6.40. The predicted molar refractivity (Wildman–Crippen MR) is 69.4 cm³/mol. The predicted octanol–water partition coefficient (Wildman–Crippen LogP) is 1.98. The van der Waals surface area contributed by atoms with E-state index in [-0.39, 0.29) is 12.6 Å². The molecule has 0 aliphatic carbocycles. The van der Waals surface area contributed by atoms with Gasteiger partial charge in [-0.25, -0.2) is 0 Å². The monoisotopic (exact) mass is 277 g/mol. The van der Waals surface area contributed by atoms with Gasteiger partial charge in [0.25, 0.3) is 5.91 Å². The van der Waals surface area contributed by atoms with Gasteiger partial charge >= 0.3 is 0 Å². The molecule has 5 nitrogen and oxygen atoms in total. The third-order valence-electron chi connectivity index (χ3n) is 3.46. The maximum absolute atomic E-state index is 11.5. The molecule has 0 bridgehead atoms. The number of aliphatic hydroxyl groups is 1.